The average molecular weight is 270 g/mol. The highest BCUT2D eigenvalue weighted by Gasteiger charge is 2.15. The molecule has 0 unspecified atom stereocenters. The first-order valence-electron chi connectivity index (χ1n) is 8.38. The summed E-state index contributed by atoms with van der Waals surface area (Å²) in [6.45, 7) is 6.88. The number of hydrogen-bond acceptors (Lipinski definition) is 2. The molecule has 0 N–H and O–H groups in total. The van der Waals surface area contributed by atoms with E-state index in [1.165, 1.54) is 70.6 Å². The SMILES string of the molecule is CC(C)(C)OOCC1CCCCCCCCCCC1. The second-order valence-corrected chi connectivity index (χ2v) is 7.11. The molecule has 0 amide bonds. The fourth-order valence-corrected chi connectivity index (χ4v) is 2.72. The van der Waals surface area contributed by atoms with Crippen molar-refractivity contribution in [1.29, 1.82) is 0 Å². The Hall–Kier alpha value is -0.0800. The van der Waals surface area contributed by atoms with Crippen molar-refractivity contribution in [2.45, 2.75) is 97.0 Å². The molecule has 1 aliphatic rings. The van der Waals surface area contributed by atoms with Gasteiger partial charge >= 0.3 is 0 Å². The van der Waals surface area contributed by atoms with E-state index in [2.05, 4.69) is 0 Å². The van der Waals surface area contributed by atoms with Crippen molar-refractivity contribution < 1.29 is 9.78 Å². The standard InChI is InChI=1S/C17H34O2/c1-17(2,3)19-18-15-16-13-11-9-7-5-4-6-8-10-12-14-16/h16H,4-15H2,1-3H3. The molecule has 114 valence electrons. The van der Waals surface area contributed by atoms with E-state index in [0.29, 0.717) is 5.92 Å². The third-order valence-corrected chi connectivity index (χ3v) is 3.84. The summed E-state index contributed by atoms with van der Waals surface area (Å²) in [5.74, 6) is 0.696. The summed E-state index contributed by atoms with van der Waals surface area (Å²) in [6.07, 6.45) is 15.3. The molecule has 1 rings (SSSR count). The lowest BCUT2D eigenvalue weighted by Crippen LogP contribution is -2.22. The normalized spacial score (nSPS) is 21.6. The van der Waals surface area contributed by atoms with Crippen LogP contribution in [0.3, 0.4) is 0 Å². The van der Waals surface area contributed by atoms with Gasteiger partial charge in [-0.2, -0.15) is 0 Å². The molecule has 1 aliphatic carbocycles. The van der Waals surface area contributed by atoms with Crippen LogP contribution >= 0.6 is 0 Å². The monoisotopic (exact) mass is 270 g/mol. The lowest BCUT2D eigenvalue weighted by molar-refractivity contribution is -0.354. The Morgan fingerprint density at radius 3 is 1.58 bits per heavy atom. The summed E-state index contributed by atoms with van der Waals surface area (Å²) in [4.78, 5) is 10.9. The van der Waals surface area contributed by atoms with E-state index in [4.69, 9.17) is 9.78 Å². The van der Waals surface area contributed by atoms with Crippen LogP contribution in [0.4, 0.5) is 0 Å². The average Bonchev–Trinajstić information content (AvgIpc) is 2.30. The maximum absolute atomic E-state index is 5.46. The highest BCUT2D eigenvalue weighted by Crippen LogP contribution is 2.22. The van der Waals surface area contributed by atoms with Crippen LogP contribution in [0.15, 0.2) is 0 Å². The van der Waals surface area contributed by atoms with Crippen LogP contribution in [0, 0.1) is 5.92 Å². The minimum absolute atomic E-state index is 0.189. The largest absolute Gasteiger partial charge is 0.236 e. The second kappa shape index (κ2) is 9.77. The molecule has 1 saturated carbocycles. The molecular weight excluding hydrogens is 236 g/mol. The van der Waals surface area contributed by atoms with E-state index in [-0.39, 0.29) is 5.60 Å². The van der Waals surface area contributed by atoms with Crippen LogP contribution in [-0.2, 0) is 9.78 Å². The van der Waals surface area contributed by atoms with Gasteiger partial charge in [0.15, 0.2) is 0 Å². The zero-order valence-corrected chi connectivity index (χ0v) is 13.4. The molecule has 0 atom stereocenters. The molecule has 0 radical (unpaired) electrons. The minimum atomic E-state index is -0.189. The van der Waals surface area contributed by atoms with E-state index in [1.54, 1.807) is 0 Å². The van der Waals surface area contributed by atoms with Crippen molar-refractivity contribution in [2.24, 2.45) is 5.92 Å². The van der Waals surface area contributed by atoms with Crippen molar-refractivity contribution in [3.8, 4) is 0 Å². The summed E-state index contributed by atoms with van der Waals surface area (Å²) in [5, 5.41) is 0. The van der Waals surface area contributed by atoms with Gasteiger partial charge in [-0.15, -0.1) is 0 Å². The molecule has 0 heterocycles. The van der Waals surface area contributed by atoms with E-state index in [0.717, 1.165) is 6.61 Å². The fourth-order valence-electron chi connectivity index (χ4n) is 2.72. The molecule has 19 heavy (non-hydrogen) atoms. The smallest absolute Gasteiger partial charge is 0.0952 e. The highest BCUT2D eigenvalue weighted by atomic mass is 17.2. The topological polar surface area (TPSA) is 18.5 Å². The molecule has 0 bridgehead atoms. The molecule has 0 spiro atoms. The Morgan fingerprint density at radius 2 is 1.16 bits per heavy atom. The van der Waals surface area contributed by atoms with Gasteiger partial charge in [0, 0.05) is 0 Å². The van der Waals surface area contributed by atoms with Crippen molar-refractivity contribution in [3.63, 3.8) is 0 Å². The van der Waals surface area contributed by atoms with Crippen molar-refractivity contribution in [1.82, 2.24) is 0 Å². The van der Waals surface area contributed by atoms with Gasteiger partial charge in [-0.3, -0.25) is 0 Å². The Morgan fingerprint density at radius 1 is 0.737 bits per heavy atom. The van der Waals surface area contributed by atoms with E-state index >= 15 is 0 Å². The molecule has 0 saturated heterocycles. The first kappa shape index (κ1) is 17.0. The molecule has 0 aromatic carbocycles. The molecular formula is C17H34O2. The van der Waals surface area contributed by atoms with Crippen molar-refractivity contribution in [2.75, 3.05) is 6.61 Å². The van der Waals surface area contributed by atoms with Crippen molar-refractivity contribution in [3.05, 3.63) is 0 Å². The molecule has 2 nitrogen and oxygen atoms in total. The van der Waals surface area contributed by atoms with Crippen LogP contribution < -0.4 is 0 Å². The maximum Gasteiger partial charge on any atom is 0.0952 e. The fraction of sp³-hybridized carbons (Fsp3) is 1.00. The molecule has 0 aromatic heterocycles. The van der Waals surface area contributed by atoms with Crippen LogP contribution in [0.5, 0.6) is 0 Å². The van der Waals surface area contributed by atoms with Gasteiger partial charge in [-0.05, 0) is 39.5 Å². The quantitative estimate of drug-likeness (QED) is 0.487. The van der Waals surface area contributed by atoms with Gasteiger partial charge in [-0.1, -0.05) is 57.8 Å². The van der Waals surface area contributed by atoms with E-state index in [9.17, 15) is 0 Å². The molecule has 0 aromatic rings. The van der Waals surface area contributed by atoms with E-state index < -0.39 is 0 Å². The van der Waals surface area contributed by atoms with Gasteiger partial charge in [0.1, 0.15) is 0 Å². The number of rotatable bonds is 3. The summed E-state index contributed by atoms with van der Waals surface area (Å²) >= 11 is 0. The van der Waals surface area contributed by atoms with Crippen molar-refractivity contribution >= 4 is 0 Å². The van der Waals surface area contributed by atoms with Crippen LogP contribution in [-0.4, -0.2) is 12.2 Å². The second-order valence-electron chi connectivity index (χ2n) is 7.11. The van der Waals surface area contributed by atoms with Crippen LogP contribution in [0.25, 0.3) is 0 Å². The first-order valence-corrected chi connectivity index (χ1v) is 8.38. The lowest BCUT2D eigenvalue weighted by atomic mass is 9.93. The summed E-state index contributed by atoms with van der Waals surface area (Å²) < 4.78 is 0. The van der Waals surface area contributed by atoms with Gasteiger partial charge in [0.05, 0.1) is 12.2 Å². The molecule has 0 aliphatic heterocycles. The highest BCUT2D eigenvalue weighted by molar-refractivity contribution is 4.61. The molecule has 2 heteroatoms. The van der Waals surface area contributed by atoms with Gasteiger partial charge in [-0.25, -0.2) is 9.78 Å². The van der Waals surface area contributed by atoms with Crippen LogP contribution in [0.1, 0.15) is 91.4 Å². The Kier molecular flexibility index (Phi) is 8.72. The predicted octanol–water partition coefficient (Wildman–Crippen LogP) is 5.65. The Balaban J connectivity index is 2.22. The third-order valence-electron chi connectivity index (χ3n) is 3.84. The van der Waals surface area contributed by atoms with E-state index in [1.807, 2.05) is 20.8 Å². The Bertz CT molecular complexity index is 196. The minimum Gasteiger partial charge on any atom is -0.236 e. The summed E-state index contributed by atoms with van der Waals surface area (Å²) in [6, 6.07) is 0. The first-order chi connectivity index (χ1) is 9.08. The Labute approximate surface area is 120 Å². The third kappa shape index (κ3) is 10.4. The van der Waals surface area contributed by atoms with Crippen LogP contribution in [0.2, 0.25) is 0 Å². The van der Waals surface area contributed by atoms with Gasteiger partial charge < -0.3 is 0 Å². The van der Waals surface area contributed by atoms with Gasteiger partial charge in [0.25, 0.3) is 0 Å². The summed E-state index contributed by atoms with van der Waals surface area (Å²) in [5.41, 5.74) is -0.189. The number of hydrogen-bond donors (Lipinski definition) is 0. The zero-order valence-electron chi connectivity index (χ0n) is 13.4. The lowest BCUT2D eigenvalue weighted by Gasteiger charge is -2.21. The van der Waals surface area contributed by atoms with Gasteiger partial charge in [0.2, 0.25) is 0 Å². The maximum atomic E-state index is 5.46. The zero-order chi connectivity index (χ0) is 14.0. The predicted molar refractivity (Wildman–Crippen MR) is 81.1 cm³/mol. The summed E-state index contributed by atoms with van der Waals surface area (Å²) in [7, 11) is 0. The molecule has 1 fully saturated rings.